The number of methoxy groups -OCH3 is 3. The van der Waals surface area contributed by atoms with Crippen molar-refractivity contribution < 1.29 is 27.0 Å². The van der Waals surface area contributed by atoms with Crippen LogP contribution in [-0.4, -0.2) is 29.7 Å². The standard InChI is InChI=1S/C15H16FNO5S/c1-20-12-7-5-11(9-14(12)22-3)17-23(18,19)15-8-10(16)4-6-13(15)21-2/h4-9,17H,1-3H3. The monoisotopic (exact) mass is 341 g/mol. The molecule has 0 aliphatic carbocycles. The second-order valence-corrected chi connectivity index (χ2v) is 6.12. The van der Waals surface area contributed by atoms with Crippen molar-refractivity contribution in [3.05, 3.63) is 42.2 Å². The van der Waals surface area contributed by atoms with Gasteiger partial charge in [-0.1, -0.05) is 0 Å². The lowest BCUT2D eigenvalue weighted by Crippen LogP contribution is -2.14. The molecule has 6 nitrogen and oxygen atoms in total. The summed E-state index contributed by atoms with van der Waals surface area (Å²) in [6, 6.07) is 7.78. The predicted octanol–water partition coefficient (Wildman–Crippen LogP) is 2.65. The molecule has 23 heavy (non-hydrogen) atoms. The van der Waals surface area contributed by atoms with Crippen molar-refractivity contribution in [3.8, 4) is 17.2 Å². The number of nitrogens with one attached hydrogen (secondary N) is 1. The van der Waals surface area contributed by atoms with E-state index in [2.05, 4.69) is 4.72 Å². The van der Waals surface area contributed by atoms with Crippen LogP contribution in [0.3, 0.4) is 0 Å². The Hall–Kier alpha value is -2.48. The Balaban J connectivity index is 2.41. The lowest BCUT2D eigenvalue weighted by atomic mass is 10.3. The fourth-order valence-electron chi connectivity index (χ4n) is 1.97. The fraction of sp³-hybridized carbons (Fsp3) is 0.200. The van der Waals surface area contributed by atoms with Gasteiger partial charge in [-0.15, -0.1) is 0 Å². The molecule has 0 aliphatic rings. The van der Waals surface area contributed by atoms with Crippen LogP contribution in [0.5, 0.6) is 17.2 Å². The lowest BCUT2D eigenvalue weighted by molar-refractivity contribution is 0.355. The summed E-state index contributed by atoms with van der Waals surface area (Å²) >= 11 is 0. The molecule has 0 atom stereocenters. The number of benzene rings is 2. The highest BCUT2D eigenvalue weighted by atomic mass is 32.2. The summed E-state index contributed by atoms with van der Waals surface area (Å²) in [6.45, 7) is 0. The third-order valence-electron chi connectivity index (χ3n) is 3.05. The Kier molecular flexibility index (Phi) is 4.95. The van der Waals surface area contributed by atoms with Crippen molar-refractivity contribution >= 4 is 15.7 Å². The summed E-state index contributed by atoms with van der Waals surface area (Å²) < 4.78 is 55.8. The number of ether oxygens (including phenoxy) is 3. The normalized spacial score (nSPS) is 11.0. The van der Waals surface area contributed by atoms with Crippen LogP contribution >= 0.6 is 0 Å². The van der Waals surface area contributed by atoms with Gasteiger partial charge in [0.15, 0.2) is 11.5 Å². The van der Waals surface area contributed by atoms with E-state index in [1.165, 1.54) is 39.5 Å². The van der Waals surface area contributed by atoms with Crippen LogP contribution in [-0.2, 0) is 10.0 Å². The van der Waals surface area contributed by atoms with Gasteiger partial charge in [-0.25, -0.2) is 12.8 Å². The van der Waals surface area contributed by atoms with Gasteiger partial charge in [-0.05, 0) is 30.3 Å². The van der Waals surface area contributed by atoms with Crippen LogP contribution in [0.15, 0.2) is 41.3 Å². The van der Waals surface area contributed by atoms with Crippen LogP contribution in [0, 0.1) is 5.82 Å². The second-order valence-electron chi connectivity index (χ2n) is 4.47. The van der Waals surface area contributed by atoms with E-state index >= 15 is 0 Å². The van der Waals surface area contributed by atoms with Crippen molar-refractivity contribution in [2.75, 3.05) is 26.1 Å². The highest BCUT2D eigenvalue weighted by Gasteiger charge is 2.21. The van der Waals surface area contributed by atoms with Gasteiger partial charge in [-0.3, -0.25) is 4.72 Å². The van der Waals surface area contributed by atoms with Gasteiger partial charge in [0.1, 0.15) is 16.5 Å². The number of hydrogen-bond acceptors (Lipinski definition) is 5. The van der Waals surface area contributed by atoms with Crippen molar-refractivity contribution in [2.24, 2.45) is 0 Å². The number of hydrogen-bond donors (Lipinski definition) is 1. The molecule has 2 rings (SSSR count). The highest BCUT2D eigenvalue weighted by Crippen LogP contribution is 2.32. The van der Waals surface area contributed by atoms with E-state index in [0.717, 1.165) is 12.1 Å². The first-order valence-corrected chi connectivity index (χ1v) is 7.98. The minimum Gasteiger partial charge on any atom is -0.495 e. The van der Waals surface area contributed by atoms with Gasteiger partial charge >= 0.3 is 0 Å². The average molecular weight is 341 g/mol. The molecular weight excluding hydrogens is 325 g/mol. The van der Waals surface area contributed by atoms with Crippen LogP contribution in [0.1, 0.15) is 0 Å². The molecule has 0 saturated carbocycles. The fourth-order valence-corrected chi connectivity index (χ4v) is 3.20. The highest BCUT2D eigenvalue weighted by molar-refractivity contribution is 7.92. The molecule has 0 aromatic heterocycles. The van der Waals surface area contributed by atoms with Gasteiger partial charge in [0, 0.05) is 6.07 Å². The van der Waals surface area contributed by atoms with Crippen LogP contribution < -0.4 is 18.9 Å². The van der Waals surface area contributed by atoms with Crippen LogP contribution in [0.25, 0.3) is 0 Å². The first-order valence-electron chi connectivity index (χ1n) is 6.49. The van der Waals surface area contributed by atoms with E-state index < -0.39 is 15.8 Å². The molecule has 0 unspecified atom stereocenters. The zero-order valence-electron chi connectivity index (χ0n) is 12.8. The van der Waals surface area contributed by atoms with E-state index in [4.69, 9.17) is 14.2 Å². The van der Waals surface area contributed by atoms with Crippen molar-refractivity contribution in [3.63, 3.8) is 0 Å². The predicted molar refractivity (Wildman–Crippen MR) is 83.3 cm³/mol. The van der Waals surface area contributed by atoms with Crippen LogP contribution in [0.2, 0.25) is 0 Å². The summed E-state index contributed by atoms with van der Waals surface area (Å²) in [6.07, 6.45) is 0. The molecule has 0 amide bonds. The first-order chi connectivity index (χ1) is 10.9. The Morgan fingerprint density at radius 3 is 2.09 bits per heavy atom. The molecule has 0 fully saturated rings. The Labute approximate surface area is 133 Å². The minimum absolute atomic E-state index is 0.0411. The average Bonchev–Trinajstić information content (AvgIpc) is 2.54. The molecule has 0 bridgehead atoms. The molecule has 8 heteroatoms. The summed E-state index contributed by atoms with van der Waals surface area (Å²) in [7, 11) is 0.181. The molecule has 0 aliphatic heterocycles. The summed E-state index contributed by atoms with van der Waals surface area (Å²) in [5.41, 5.74) is 0.244. The smallest absolute Gasteiger partial charge is 0.265 e. The second kappa shape index (κ2) is 6.74. The maximum absolute atomic E-state index is 13.4. The molecule has 0 heterocycles. The van der Waals surface area contributed by atoms with E-state index in [9.17, 15) is 12.8 Å². The van der Waals surface area contributed by atoms with E-state index in [-0.39, 0.29) is 16.3 Å². The number of rotatable bonds is 6. The molecule has 0 radical (unpaired) electrons. The quantitative estimate of drug-likeness (QED) is 0.874. The van der Waals surface area contributed by atoms with Crippen molar-refractivity contribution in [1.82, 2.24) is 0 Å². The van der Waals surface area contributed by atoms with Gasteiger partial charge in [0.25, 0.3) is 10.0 Å². The number of sulfonamides is 1. The largest absolute Gasteiger partial charge is 0.495 e. The third-order valence-corrected chi connectivity index (χ3v) is 4.45. The van der Waals surface area contributed by atoms with Crippen LogP contribution in [0.4, 0.5) is 10.1 Å². The van der Waals surface area contributed by atoms with Crippen molar-refractivity contribution in [1.29, 1.82) is 0 Å². The number of anilines is 1. The molecular formula is C15H16FNO5S. The third kappa shape index (κ3) is 3.65. The maximum Gasteiger partial charge on any atom is 0.265 e. The minimum atomic E-state index is -4.03. The Morgan fingerprint density at radius 1 is 0.870 bits per heavy atom. The zero-order valence-corrected chi connectivity index (χ0v) is 13.6. The molecule has 2 aromatic rings. The van der Waals surface area contributed by atoms with Gasteiger partial charge in [0.2, 0.25) is 0 Å². The SMILES string of the molecule is COc1ccc(NS(=O)(=O)c2cc(F)ccc2OC)cc1OC. The molecule has 2 aromatic carbocycles. The Morgan fingerprint density at radius 2 is 1.48 bits per heavy atom. The molecule has 1 N–H and O–H groups in total. The summed E-state index contributed by atoms with van der Waals surface area (Å²) in [5, 5.41) is 0. The lowest BCUT2D eigenvalue weighted by Gasteiger charge is -2.13. The number of halogens is 1. The van der Waals surface area contributed by atoms with Crippen molar-refractivity contribution in [2.45, 2.75) is 4.90 Å². The topological polar surface area (TPSA) is 73.9 Å². The molecule has 0 saturated heterocycles. The molecule has 124 valence electrons. The van der Waals surface area contributed by atoms with Gasteiger partial charge in [-0.2, -0.15) is 0 Å². The first kappa shape index (κ1) is 16.9. The van der Waals surface area contributed by atoms with E-state index in [1.807, 2.05) is 0 Å². The Bertz CT molecular complexity index is 808. The van der Waals surface area contributed by atoms with E-state index in [1.54, 1.807) is 6.07 Å². The van der Waals surface area contributed by atoms with Gasteiger partial charge in [0.05, 0.1) is 27.0 Å². The summed E-state index contributed by atoms with van der Waals surface area (Å²) in [4.78, 5) is -0.296. The zero-order chi connectivity index (χ0) is 17.0. The van der Waals surface area contributed by atoms with Gasteiger partial charge < -0.3 is 14.2 Å². The summed E-state index contributed by atoms with van der Waals surface area (Å²) in [5.74, 6) is 0.176. The van der Waals surface area contributed by atoms with E-state index in [0.29, 0.717) is 11.5 Å². The maximum atomic E-state index is 13.4. The molecule has 0 spiro atoms.